The van der Waals surface area contributed by atoms with Crippen LogP contribution in [-0.2, 0) is 11.3 Å². The minimum Gasteiger partial charge on any atom is -0.385 e. The summed E-state index contributed by atoms with van der Waals surface area (Å²) < 4.78 is 7.15. The Morgan fingerprint density at radius 2 is 2.12 bits per heavy atom. The largest absolute Gasteiger partial charge is 0.385 e. The third-order valence-electron chi connectivity index (χ3n) is 4.06. The fraction of sp³-hybridized carbons (Fsp3) is 0.471. The summed E-state index contributed by atoms with van der Waals surface area (Å²) in [6.07, 6.45) is 4.19. The van der Waals surface area contributed by atoms with Crippen molar-refractivity contribution < 1.29 is 4.74 Å². The van der Waals surface area contributed by atoms with Crippen molar-refractivity contribution in [3.63, 3.8) is 0 Å². The summed E-state index contributed by atoms with van der Waals surface area (Å²) in [5.74, 6) is 1.62. The van der Waals surface area contributed by atoms with E-state index < -0.39 is 0 Å². The lowest BCUT2D eigenvalue weighted by molar-refractivity contribution is 0.190. The Morgan fingerprint density at radius 3 is 2.92 bits per heavy atom. The van der Waals surface area contributed by atoms with E-state index in [1.54, 1.807) is 13.4 Å². The Labute approximate surface area is 146 Å². The van der Waals surface area contributed by atoms with E-state index in [0.717, 1.165) is 41.3 Å². The molecule has 0 saturated heterocycles. The van der Waals surface area contributed by atoms with Gasteiger partial charge in [0.15, 0.2) is 11.5 Å². The molecule has 0 aliphatic carbocycles. The lowest BCUT2D eigenvalue weighted by Crippen LogP contribution is -2.15. The van der Waals surface area contributed by atoms with Gasteiger partial charge >= 0.3 is 0 Å². The maximum Gasteiger partial charge on any atom is 0.165 e. The Morgan fingerprint density at radius 1 is 1.28 bits per heavy atom. The van der Waals surface area contributed by atoms with E-state index in [0.29, 0.717) is 12.3 Å². The maximum atomic E-state index is 5.11. The first-order valence-corrected chi connectivity index (χ1v) is 8.32. The topological polar surface area (TPSA) is 90.6 Å². The molecule has 132 valence electrons. The molecule has 0 unspecified atom stereocenters. The molecule has 0 radical (unpaired) electrons. The summed E-state index contributed by atoms with van der Waals surface area (Å²) in [4.78, 5) is 13.2. The summed E-state index contributed by atoms with van der Waals surface area (Å²) in [5.41, 5.74) is 2.74. The number of rotatable bonds is 7. The third kappa shape index (κ3) is 3.74. The number of pyridine rings is 1. The van der Waals surface area contributed by atoms with Crippen molar-refractivity contribution in [2.45, 2.75) is 39.8 Å². The highest BCUT2D eigenvalue weighted by atomic mass is 16.5. The summed E-state index contributed by atoms with van der Waals surface area (Å²) in [6.45, 7) is 7.57. The van der Waals surface area contributed by atoms with Crippen LogP contribution < -0.4 is 5.32 Å². The van der Waals surface area contributed by atoms with Crippen molar-refractivity contribution in [2.24, 2.45) is 0 Å². The fourth-order valence-corrected chi connectivity index (χ4v) is 2.94. The van der Waals surface area contributed by atoms with Crippen LogP contribution in [0.3, 0.4) is 0 Å². The van der Waals surface area contributed by atoms with Crippen LogP contribution in [0.15, 0.2) is 18.7 Å². The first kappa shape index (κ1) is 17.2. The van der Waals surface area contributed by atoms with Crippen molar-refractivity contribution >= 4 is 16.9 Å². The van der Waals surface area contributed by atoms with Crippen LogP contribution in [0.1, 0.15) is 36.5 Å². The fourth-order valence-electron chi connectivity index (χ4n) is 2.94. The van der Waals surface area contributed by atoms with E-state index in [9.17, 15) is 0 Å². The number of methoxy groups -OCH3 is 1. The van der Waals surface area contributed by atoms with Crippen LogP contribution in [0, 0.1) is 13.8 Å². The monoisotopic (exact) mass is 341 g/mol. The van der Waals surface area contributed by atoms with Crippen molar-refractivity contribution in [3.8, 4) is 0 Å². The van der Waals surface area contributed by atoms with Gasteiger partial charge in [0.05, 0.1) is 11.4 Å². The molecule has 0 amide bonds. The molecule has 3 aromatic heterocycles. The normalized spacial score (nSPS) is 12.5. The van der Waals surface area contributed by atoms with Crippen LogP contribution in [0.25, 0.3) is 11.0 Å². The lowest BCUT2D eigenvalue weighted by atomic mass is 10.1. The molecule has 3 aromatic rings. The predicted octanol–water partition coefficient (Wildman–Crippen LogP) is 2.44. The number of ether oxygens (including phenoxy) is 1. The number of fused-ring (bicyclic) bond motifs is 1. The number of hydrogen-bond acceptors (Lipinski definition) is 7. The molecule has 1 N–H and O–H groups in total. The molecule has 0 aliphatic heterocycles. The van der Waals surface area contributed by atoms with Crippen LogP contribution in [0.4, 0.5) is 5.82 Å². The van der Waals surface area contributed by atoms with Crippen molar-refractivity contribution in [1.29, 1.82) is 0 Å². The number of aryl methyl sites for hydroxylation is 3. The molecule has 8 nitrogen and oxygen atoms in total. The molecule has 0 bridgehead atoms. The third-order valence-corrected chi connectivity index (χ3v) is 4.06. The molecule has 3 rings (SSSR count). The average molecular weight is 341 g/mol. The van der Waals surface area contributed by atoms with E-state index in [-0.39, 0.29) is 6.04 Å². The molecular weight excluding hydrogens is 318 g/mol. The highest BCUT2D eigenvalue weighted by molar-refractivity contribution is 5.89. The molecule has 0 aromatic carbocycles. The Kier molecular flexibility index (Phi) is 5.18. The molecule has 3 heterocycles. The average Bonchev–Trinajstić information content (AvgIpc) is 3.03. The Hall–Kier alpha value is -2.61. The summed E-state index contributed by atoms with van der Waals surface area (Å²) in [7, 11) is 1.70. The predicted molar refractivity (Wildman–Crippen MR) is 95.4 cm³/mol. The summed E-state index contributed by atoms with van der Waals surface area (Å²) >= 11 is 0. The molecule has 1 atom stereocenters. The number of nitrogens with zero attached hydrogens (tertiary/aromatic N) is 6. The summed E-state index contributed by atoms with van der Waals surface area (Å²) in [5, 5.41) is 12.7. The van der Waals surface area contributed by atoms with E-state index in [1.807, 2.05) is 31.4 Å². The van der Waals surface area contributed by atoms with Gasteiger partial charge < -0.3 is 14.6 Å². The van der Waals surface area contributed by atoms with Gasteiger partial charge in [-0.25, -0.2) is 15.0 Å². The van der Waals surface area contributed by atoms with Crippen LogP contribution >= 0.6 is 0 Å². The van der Waals surface area contributed by atoms with Gasteiger partial charge in [0.25, 0.3) is 0 Å². The number of anilines is 1. The van der Waals surface area contributed by atoms with Gasteiger partial charge in [-0.15, -0.1) is 10.2 Å². The first-order chi connectivity index (χ1) is 12.1. The number of aromatic nitrogens is 6. The van der Waals surface area contributed by atoms with Crippen LogP contribution in [0.5, 0.6) is 0 Å². The van der Waals surface area contributed by atoms with Gasteiger partial charge in [-0.1, -0.05) is 0 Å². The molecule has 0 spiro atoms. The van der Waals surface area contributed by atoms with Gasteiger partial charge in [-0.2, -0.15) is 0 Å². The minimum atomic E-state index is -0.0520. The molecule has 0 fully saturated rings. The second-order valence-corrected chi connectivity index (χ2v) is 6.10. The molecule has 0 saturated carbocycles. The smallest absolute Gasteiger partial charge is 0.165 e. The molecule has 8 heteroatoms. The van der Waals surface area contributed by atoms with E-state index >= 15 is 0 Å². The SMILES string of the molecule is COCCCn1cnnc1[C@H](C)Nc1ncnc2nc(C)cc(C)c12. The molecule has 0 aliphatic rings. The molecule has 25 heavy (non-hydrogen) atoms. The minimum absolute atomic E-state index is 0.0520. The zero-order chi connectivity index (χ0) is 17.8. The van der Waals surface area contributed by atoms with Gasteiger partial charge in [-0.3, -0.25) is 0 Å². The van der Waals surface area contributed by atoms with Crippen molar-refractivity contribution in [1.82, 2.24) is 29.7 Å². The van der Waals surface area contributed by atoms with Gasteiger partial charge in [0.1, 0.15) is 18.5 Å². The highest BCUT2D eigenvalue weighted by Gasteiger charge is 2.16. The summed E-state index contributed by atoms with van der Waals surface area (Å²) in [6, 6.07) is 1.98. The number of hydrogen-bond donors (Lipinski definition) is 1. The van der Waals surface area contributed by atoms with E-state index in [1.165, 1.54) is 6.33 Å². The second-order valence-electron chi connectivity index (χ2n) is 6.10. The highest BCUT2D eigenvalue weighted by Crippen LogP contribution is 2.25. The second kappa shape index (κ2) is 7.52. The van der Waals surface area contributed by atoms with E-state index in [4.69, 9.17) is 4.74 Å². The van der Waals surface area contributed by atoms with Crippen LogP contribution in [-0.4, -0.2) is 43.4 Å². The first-order valence-electron chi connectivity index (χ1n) is 8.32. The lowest BCUT2D eigenvalue weighted by Gasteiger charge is -2.17. The van der Waals surface area contributed by atoms with E-state index in [2.05, 4.69) is 30.5 Å². The molecular formula is C17H23N7O. The maximum absolute atomic E-state index is 5.11. The number of nitrogens with one attached hydrogen (secondary N) is 1. The zero-order valence-electron chi connectivity index (χ0n) is 15.0. The zero-order valence-corrected chi connectivity index (χ0v) is 15.0. The quantitative estimate of drug-likeness (QED) is 0.660. The Bertz CT molecular complexity index is 861. The van der Waals surface area contributed by atoms with Gasteiger partial charge in [0, 0.05) is 26.0 Å². The van der Waals surface area contributed by atoms with Crippen molar-refractivity contribution in [3.05, 3.63) is 35.8 Å². The van der Waals surface area contributed by atoms with Crippen molar-refractivity contribution in [2.75, 3.05) is 19.0 Å². The van der Waals surface area contributed by atoms with Crippen LogP contribution in [0.2, 0.25) is 0 Å². The standard InChI is InChI=1S/C17H23N7O/c1-11-8-12(2)21-15-14(11)16(19-9-18-15)22-13(3)17-23-20-10-24(17)6-5-7-25-4/h8-10,13H,5-7H2,1-4H3,(H,18,19,21,22)/t13-/m0/s1. The Balaban J connectivity index is 1.86. The van der Waals surface area contributed by atoms with Gasteiger partial charge in [-0.05, 0) is 38.8 Å². The van der Waals surface area contributed by atoms with Gasteiger partial charge in [0.2, 0.25) is 0 Å².